The Morgan fingerprint density at radius 2 is 1.63 bits per heavy atom. The molecule has 0 radical (unpaired) electrons. The lowest BCUT2D eigenvalue weighted by molar-refractivity contribution is -0.150. The van der Waals surface area contributed by atoms with Crippen LogP contribution in [-0.2, 0) is 31.9 Å². The van der Waals surface area contributed by atoms with Crippen molar-refractivity contribution < 1.29 is 33.4 Å². The highest BCUT2D eigenvalue weighted by atomic mass is 35.5. The number of rotatable bonds is 6. The number of thiophene rings is 1. The van der Waals surface area contributed by atoms with Crippen molar-refractivity contribution in [2.24, 2.45) is 5.92 Å². The summed E-state index contributed by atoms with van der Waals surface area (Å²) in [5.41, 5.74) is 0.591. The number of halogens is 4. The monoisotopic (exact) mass is 620 g/mol. The largest absolute Gasteiger partial charge is 0.465 e. The van der Waals surface area contributed by atoms with Crippen LogP contribution in [-0.4, -0.2) is 54.3 Å². The number of benzene rings is 1. The van der Waals surface area contributed by atoms with E-state index in [0.717, 1.165) is 23.3 Å². The molecule has 3 amide bonds. The van der Waals surface area contributed by atoms with Gasteiger partial charge in [0.25, 0.3) is 17.7 Å². The lowest BCUT2D eigenvalue weighted by atomic mass is 9.88. The first-order chi connectivity index (χ1) is 17.9. The summed E-state index contributed by atoms with van der Waals surface area (Å²) in [6, 6.07) is -1.43. The molecular weight excluding hydrogens is 602 g/mol. The molecule has 4 rings (SSSR count). The molecule has 1 aromatic heterocycles. The first-order valence-electron chi connectivity index (χ1n) is 11.3. The van der Waals surface area contributed by atoms with E-state index in [-0.39, 0.29) is 31.2 Å². The maximum atomic E-state index is 12.9. The molecule has 14 heteroatoms. The second-order valence-corrected chi connectivity index (χ2v) is 11.5. The van der Waals surface area contributed by atoms with E-state index >= 15 is 0 Å². The molecule has 202 valence electrons. The number of imide groups is 1. The third-order valence-corrected chi connectivity index (χ3v) is 9.33. The molecule has 0 bridgehead atoms. The highest BCUT2D eigenvalue weighted by Gasteiger charge is 2.45. The molecule has 1 aliphatic carbocycles. The van der Waals surface area contributed by atoms with Gasteiger partial charge in [-0.25, -0.2) is 9.59 Å². The average Bonchev–Trinajstić information content (AvgIpc) is 3.36. The number of nitrogens with one attached hydrogen (secondary N) is 1. The number of methoxy groups -OCH3 is 1. The summed E-state index contributed by atoms with van der Waals surface area (Å²) in [4.78, 5) is 65.3. The van der Waals surface area contributed by atoms with Gasteiger partial charge in [0.1, 0.15) is 11.0 Å². The predicted molar refractivity (Wildman–Crippen MR) is 143 cm³/mol. The van der Waals surface area contributed by atoms with E-state index in [2.05, 4.69) is 12.2 Å². The van der Waals surface area contributed by atoms with Crippen LogP contribution in [0.15, 0.2) is 0 Å². The lowest BCUT2D eigenvalue weighted by Crippen LogP contribution is -2.44. The van der Waals surface area contributed by atoms with E-state index in [9.17, 15) is 24.0 Å². The Bertz CT molecular complexity index is 1360. The Labute approximate surface area is 241 Å². The molecular formula is C24H20Cl4N2O7S. The second kappa shape index (κ2) is 11.0. The summed E-state index contributed by atoms with van der Waals surface area (Å²) in [5, 5.41) is 1.96. The molecule has 0 spiro atoms. The molecule has 2 heterocycles. The number of fused-ring (bicyclic) bond motifs is 2. The molecule has 2 unspecified atom stereocenters. The second-order valence-electron chi connectivity index (χ2n) is 8.87. The minimum absolute atomic E-state index is 0.206. The Morgan fingerprint density at radius 1 is 1.05 bits per heavy atom. The van der Waals surface area contributed by atoms with Crippen LogP contribution in [0.2, 0.25) is 20.1 Å². The number of amides is 3. The summed E-state index contributed by atoms with van der Waals surface area (Å²) in [6.45, 7) is 2.63. The fourth-order valence-corrected chi connectivity index (χ4v) is 6.83. The van der Waals surface area contributed by atoms with Crippen LogP contribution in [0.3, 0.4) is 0 Å². The highest BCUT2D eigenvalue weighted by Crippen LogP contribution is 2.45. The van der Waals surface area contributed by atoms with Crippen LogP contribution in [0.4, 0.5) is 5.00 Å². The Hall–Kier alpha value is -2.37. The van der Waals surface area contributed by atoms with Gasteiger partial charge in [-0.15, -0.1) is 11.3 Å². The van der Waals surface area contributed by atoms with Crippen molar-refractivity contribution in [3.63, 3.8) is 0 Å². The maximum absolute atomic E-state index is 12.9. The highest BCUT2D eigenvalue weighted by molar-refractivity contribution is 7.17. The molecule has 2 atom stereocenters. The predicted octanol–water partition coefficient (Wildman–Crippen LogP) is 5.44. The van der Waals surface area contributed by atoms with E-state index in [4.69, 9.17) is 55.9 Å². The van der Waals surface area contributed by atoms with Gasteiger partial charge in [-0.05, 0) is 37.7 Å². The number of hydrogen-bond donors (Lipinski definition) is 1. The summed E-state index contributed by atoms with van der Waals surface area (Å²) < 4.78 is 9.97. The van der Waals surface area contributed by atoms with Crippen molar-refractivity contribution in [2.75, 3.05) is 19.0 Å². The molecule has 38 heavy (non-hydrogen) atoms. The van der Waals surface area contributed by atoms with Gasteiger partial charge in [0, 0.05) is 4.88 Å². The van der Waals surface area contributed by atoms with Crippen molar-refractivity contribution in [3.05, 3.63) is 47.2 Å². The Kier molecular flexibility index (Phi) is 8.30. The lowest BCUT2D eigenvalue weighted by Gasteiger charge is -2.20. The number of carbonyl (C=O) groups is 5. The van der Waals surface area contributed by atoms with Gasteiger partial charge >= 0.3 is 11.9 Å². The molecule has 2 aliphatic rings. The third kappa shape index (κ3) is 4.88. The molecule has 9 nitrogen and oxygen atoms in total. The Balaban J connectivity index is 1.46. The zero-order chi connectivity index (χ0) is 28.0. The van der Waals surface area contributed by atoms with E-state index in [0.29, 0.717) is 27.8 Å². The van der Waals surface area contributed by atoms with Gasteiger partial charge in [-0.2, -0.15) is 0 Å². The maximum Gasteiger partial charge on any atom is 0.341 e. The quantitative estimate of drug-likeness (QED) is 0.197. The number of anilines is 1. The molecule has 1 aliphatic heterocycles. The summed E-state index contributed by atoms with van der Waals surface area (Å²) in [5.74, 6) is -3.70. The fourth-order valence-electron chi connectivity index (χ4n) is 4.40. The molecule has 0 fully saturated rings. The van der Waals surface area contributed by atoms with Gasteiger partial charge < -0.3 is 14.8 Å². The molecule has 0 saturated carbocycles. The van der Waals surface area contributed by atoms with Crippen molar-refractivity contribution in [2.45, 2.75) is 39.2 Å². The zero-order valence-electron chi connectivity index (χ0n) is 20.2. The van der Waals surface area contributed by atoms with Crippen molar-refractivity contribution in [1.29, 1.82) is 0 Å². The SMILES string of the molecule is COC(=O)c1c(NC(=O)COC(=O)C(C)N2C(=O)c3c(Cl)c(Cl)c(Cl)c(Cl)c3C2=O)sc2c1CCC(C)C2. The third-order valence-electron chi connectivity index (χ3n) is 6.36. The number of esters is 2. The standard InChI is InChI=1S/C24H20Cl4N2O7S/c1-8-4-5-10-11(6-8)38-20(13(10)24(35)36-3)29-12(31)7-37-23(34)9(2)30-21(32)14-15(22(30)33)17(26)19(28)18(27)16(14)25/h8-9H,4-7H2,1-3H3,(H,29,31). The van der Waals surface area contributed by atoms with E-state index < -0.39 is 42.3 Å². The van der Waals surface area contributed by atoms with Crippen LogP contribution in [0.1, 0.15) is 61.8 Å². The van der Waals surface area contributed by atoms with Crippen LogP contribution >= 0.6 is 57.7 Å². The zero-order valence-corrected chi connectivity index (χ0v) is 24.0. The van der Waals surface area contributed by atoms with E-state index in [1.807, 2.05) is 0 Å². The molecule has 0 saturated heterocycles. The van der Waals surface area contributed by atoms with Crippen LogP contribution in [0, 0.1) is 5.92 Å². The van der Waals surface area contributed by atoms with E-state index in [1.165, 1.54) is 25.4 Å². The molecule has 1 aromatic carbocycles. The summed E-state index contributed by atoms with van der Waals surface area (Å²) in [7, 11) is 1.26. The topological polar surface area (TPSA) is 119 Å². The smallest absolute Gasteiger partial charge is 0.341 e. The normalized spacial score (nSPS) is 17.1. The van der Waals surface area contributed by atoms with Gasteiger partial charge in [-0.1, -0.05) is 53.3 Å². The molecule has 2 aromatic rings. The average molecular weight is 622 g/mol. The number of carbonyl (C=O) groups excluding carboxylic acids is 5. The van der Waals surface area contributed by atoms with Crippen molar-refractivity contribution in [1.82, 2.24) is 4.90 Å². The van der Waals surface area contributed by atoms with Gasteiger partial charge in [-0.3, -0.25) is 19.3 Å². The van der Waals surface area contributed by atoms with Crippen molar-refractivity contribution in [3.8, 4) is 0 Å². The number of ether oxygens (including phenoxy) is 2. The minimum Gasteiger partial charge on any atom is -0.465 e. The number of hydrogen-bond acceptors (Lipinski definition) is 8. The first kappa shape index (κ1) is 28.6. The van der Waals surface area contributed by atoms with Crippen LogP contribution in [0.5, 0.6) is 0 Å². The van der Waals surface area contributed by atoms with Crippen LogP contribution < -0.4 is 5.32 Å². The first-order valence-corrected chi connectivity index (χ1v) is 13.6. The Morgan fingerprint density at radius 3 is 2.18 bits per heavy atom. The van der Waals surface area contributed by atoms with E-state index in [1.54, 1.807) is 0 Å². The fraction of sp³-hybridized carbons (Fsp3) is 0.375. The van der Waals surface area contributed by atoms with Gasteiger partial charge in [0.15, 0.2) is 6.61 Å². The van der Waals surface area contributed by atoms with Gasteiger partial charge in [0.2, 0.25) is 0 Å². The summed E-state index contributed by atoms with van der Waals surface area (Å²) >= 11 is 25.5. The van der Waals surface area contributed by atoms with Gasteiger partial charge in [0.05, 0.1) is 43.9 Å². The van der Waals surface area contributed by atoms with Crippen molar-refractivity contribution >= 4 is 92.4 Å². The number of nitrogens with zero attached hydrogens (tertiary/aromatic N) is 1. The summed E-state index contributed by atoms with van der Waals surface area (Å²) in [6.07, 6.45) is 2.37. The van der Waals surface area contributed by atoms with Crippen LogP contribution in [0.25, 0.3) is 0 Å². The minimum atomic E-state index is -1.43. The molecule has 1 N–H and O–H groups in total.